The summed E-state index contributed by atoms with van der Waals surface area (Å²) in [5.41, 5.74) is -0.596. The van der Waals surface area contributed by atoms with E-state index in [0.717, 1.165) is 24.6 Å². The lowest BCUT2D eigenvalue weighted by Crippen LogP contribution is -2.21. The van der Waals surface area contributed by atoms with Crippen LogP contribution >= 0.6 is 0 Å². The molecule has 4 rings (SSSR count). The van der Waals surface area contributed by atoms with Gasteiger partial charge in [0.05, 0.1) is 27.6 Å². The number of rotatable bonds is 5. The zero-order valence-electron chi connectivity index (χ0n) is 17.8. The molecule has 0 atom stereocenters. The Morgan fingerprint density at radius 3 is 2.21 bits per heavy atom. The van der Waals surface area contributed by atoms with E-state index in [4.69, 9.17) is 0 Å². The van der Waals surface area contributed by atoms with Crippen LogP contribution in [0.5, 0.6) is 0 Å². The van der Waals surface area contributed by atoms with Crippen LogP contribution in [0.25, 0.3) is 5.69 Å². The fourth-order valence-electron chi connectivity index (χ4n) is 3.99. The Kier molecular flexibility index (Phi) is 6.04. The average molecular weight is 478 g/mol. The normalized spacial score (nSPS) is 15.0. The third-order valence-electron chi connectivity index (χ3n) is 5.74. The van der Waals surface area contributed by atoms with Crippen molar-refractivity contribution in [2.75, 3.05) is 5.32 Å². The van der Waals surface area contributed by atoms with E-state index in [9.17, 15) is 26.4 Å². The van der Waals surface area contributed by atoms with Crippen LogP contribution in [0.4, 0.5) is 18.9 Å². The number of carbonyl (C=O) groups excluding carboxylic acids is 1. The molecule has 1 aromatic heterocycles. The van der Waals surface area contributed by atoms with Crippen molar-refractivity contribution in [3.05, 3.63) is 71.5 Å². The summed E-state index contributed by atoms with van der Waals surface area (Å²) in [6.45, 7) is 1.81. The number of benzene rings is 2. The maximum absolute atomic E-state index is 13.8. The summed E-state index contributed by atoms with van der Waals surface area (Å²) in [7, 11) is -3.47. The Morgan fingerprint density at radius 1 is 1.03 bits per heavy atom. The topological polar surface area (TPSA) is 81.1 Å². The molecule has 0 saturated heterocycles. The molecule has 6 nitrogen and oxygen atoms in total. The van der Waals surface area contributed by atoms with Crippen LogP contribution < -0.4 is 5.32 Å². The van der Waals surface area contributed by atoms with Crippen molar-refractivity contribution in [1.82, 2.24) is 9.78 Å². The van der Waals surface area contributed by atoms with Crippen LogP contribution in [-0.2, 0) is 16.0 Å². The number of sulfone groups is 1. The second-order valence-corrected chi connectivity index (χ2v) is 10.3. The number of amides is 1. The highest BCUT2D eigenvalue weighted by atomic mass is 32.2. The van der Waals surface area contributed by atoms with Crippen LogP contribution in [0.3, 0.4) is 0 Å². The van der Waals surface area contributed by atoms with E-state index in [1.54, 1.807) is 19.1 Å². The number of hydrogen-bond acceptors (Lipinski definition) is 4. The molecule has 1 saturated carbocycles. The summed E-state index contributed by atoms with van der Waals surface area (Å²) >= 11 is 0. The van der Waals surface area contributed by atoms with Crippen molar-refractivity contribution < 1.29 is 26.4 Å². The van der Waals surface area contributed by atoms with E-state index in [1.807, 2.05) is 0 Å². The number of anilines is 1. The third kappa shape index (κ3) is 4.66. The van der Waals surface area contributed by atoms with Crippen molar-refractivity contribution in [2.24, 2.45) is 0 Å². The second kappa shape index (κ2) is 8.66. The van der Waals surface area contributed by atoms with E-state index in [1.165, 1.54) is 36.4 Å². The van der Waals surface area contributed by atoms with Gasteiger partial charge in [0.25, 0.3) is 5.91 Å². The first-order chi connectivity index (χ1) is 15.6. The minimum absolute atomic E-state index is 0.135. The van der Waals surface area contributed by atoms with Crippen molar-refractivity contribution in [1.29, 1.82) is 0 Å². The van der Waals surface area contributed by atoms with E-state index in [2.05, 4.69) is 10.4 Å². The molecule has 1 fully saturated rings. The molecule has 1 amide bonds. The van der Waals surface area contributed by atoms with Gasteiger partial charge in [-0.1, -0.05) is 30.5 Å². The predicted octanol–water partition coefficient (Wildman–Crippen LogP) is 5.17. The molecule has 0 aliphatic heterocycles. The molecule has 0 spiro atoms. The molecule has 10 heteroatoms. The Balaban J connectivity index is 1.59. The highest BCUT2D eigenvalue weighted by Crippen LogP contribution is 2.34. The number of nitrogens with zero attached hydrogens (tertiary/aromatic N) is 2. The number of alkyl halides is 3. The molecule has 0 radical (unpaired) electrons. The summed E-state index contributed by atoms with van der Waals surface area (Å²) < 4.78 is 67.5. The quantitative estimate of drug-likeness (QED) is 0.550. The van der Waals surface area contributed by atoms with Gasteiger partial charge in [-0.2, -0.15) is 18.3 Å². The fourth-order valence-corrected chi connectivity index (χ4v) is 5.84. The SMILES string of the molecule is Cc1ccc(-n2ncc(C(=O)Nc3ccc(S(=O)(=O)C4CCCC4)cc3)c2C(F)(F)F)cc1. The van der Waals surface area contributed by atoms with Gasteiger partial charge in [-0.05, 0) is 56.2 Å². The number of nitrogens with one attached hydrogen (secondary N) is 1. The summed E-state index contributed by atoms with van der Waals surface area (Å²) in [5.74, 6) is -0.993. The predicted molar refractivity (Wildman–Crippen MR) is 117 cm³/mol. The van der Waals surface area contributed by atoms with Crippen molar-refractivity contribution in [2.45, 2.75) is 48.9 Å². The third-order valence-corrected chi connectivity index (χ3v) is 8.02. The van der Waals surface area contributed by atoms with Gasteiger partial charge in [-0.25, -0.2) is 13.1 Å². The highest BCUT2D eigenvalue weighted by molar-refractivity contribution is 7.92. The lowest BCUT2D eigenvalue weighted by molar-refractivity contribution is -0.143. The number of halogens is 3. The zero-order chi connectivity index (χ0) is 23.8. The zero-order valence-corrected chi connectivity index (χ0v) is 18.6. The molecular weight excluding hydrogens is 455 g/mol. The van der Waals surface area contributed by atoms with Crippen molar-refractivity contribution in [3.63, 3.8) is 0 Å². The summed E-state index contributed by atoms with van der Waals surface area (Å²) in [6.07, 6.45) is -0.978. The minimum atomic E-state index is -4.83. The average Bonchev–Trinajstić information content (AvgIpc) is 3.45. The second-order valence-electron chi connectivity index (χ2n) is 8.08. The van der Waals surface area contributed by atoms with Crippen molar-refractivity contribution >= 4 is 21.4 Å². The maximum atomic E-state index is 13.8. The highest BCUT2D eigenvalue weighted by Gasteiger charge is 2.40. The fraction of sp³-hybridized carbons (Fsp3) is 0.304. The van der Waals surface area contributed by atoms with Crippen LogP contribution in [0, 0.1) is 6.92 Å². The van der Waals surface area contributed by atoms with Crippen LogP contribution in [0.1, 0.15) is 47.3 Å². The van der Waals surface area contributed by atoms with Crippen LogP contribution in [0.2, 0.25) is 0 Å². The molecule has 174 valence electrons. The number of hydrogen-bond donors (Lipinski definition) is 1. The molecule has 33 heavy (non-hydrogen) atoms. The van der Waals surface area contributed by atoms with Gasteiger partial charge in [-0.3, -0.25) is 4.79 Å². The van der Waals surface area contributed by atoms with Gasteiger partial charge < -0.3 is 5.32 Å². The smallest absolute Gasteiger partial charge is 0.322 e. The Bertz CT molecular complexity index is 1260. The van der Waals surface area contributed by atoms with E-state index < -0.39 is 38.4 Å². The molecule has 0 unspecified atom stereocenters. The standard InChI is InChI=1S/C23H22F3N3O3S/c1-15-6-10-17(11-7-15)29-21(23(24,25)26)20(14-27-29)22(30)28-16-8-12-19(13-9-16)33(31,32)18-4-2-3-5-18/h6-14,18H,2-5H2,1H3,(H,28,30). The lowest BCUT2D eigenvalue weighted by Gasteiger charge is -2.14. The molecule has 1 heterocycles. The first-order valence-electron chi connectivity index (χ1n) is 10.4. The van der Waals surface area contributed by atoms with Gasteiger partial charge in [0.1, 0.15) is 0 Å². The molecule has 1 aliphatic carbocycles. The van der Waals surface area contributed by atoms with E-state index >= 15 is 0 Å². The van der Waals surface area contributed by atoms with Crippen molar-refractivity contribution in [3.8, 4) is 5.69 Å². The minimum Gasteiger partial charge on any atom is -0.322 e. The van der Waals surface area contributed by atoms with Gasteiger partial charge in [0, 0.05) is 5.69 Å². The molecule has 1 aliphatic rings. The summed E-state index contributed by atoms with van der Waals surface area (Å²) in [5, 5.41) is 5.78. The molecule has 1 N–H and O–H groups in total. The first-order valence-corrected chi connectivity index (χ1v) is 12.0. The number of aryl methyl sites for hydroxylation is 1. The summed E-state index contributed by atoms with van der Waals surface area (Å²) in [6, 6.07) is 11.8. The first kappa shape index (κ1) is 23.0. The van der Waals surface area contributed by atoms with Crippen LogP contribution in [-0.4, -0.2) is 29.4 Å². The Morgan fingerprint density at radius 2 is 1.64 bits per heavy atom. The Labute approximate surface area is 189 Å². The van der Waals surface area contributed by atoms with E-state index in [0.29, 0.717) is 17.5 Å². The maximum Gasteiger partial charge on any atom is 0.434 e. The molecular formula is C23H22F3N3O3S. The van der Waals surface area contributed by atoms with Gasteiger partial charge >= 0.3 is 6.18 Å². The monoisotopic (exact) mass is 477 g/mol. The Hall–Kier alpha value is -3.14. The van der Waals surface area contributed by atoms with Gasteiger partial charge in [0.15, 0.2) is 15.5 Å². The largest absolute Gasteiger partial charge is 0.434 e. The van der Waals surface area contributed by atoms with Gasteiger partial charge in [-0.15, -0.1) is 0 Å². The lowest BCUT2D eigenvalue weighted by atomic mass is 10.2. The van der Waals surface area contributed by atoms with Crippen LogP contribution in [0.15, 0.2) is 59.6 Å². The number of aromatic nitrogens is 2. The number of carbonyl (C=O) groups is 1. The molecule has 3 aromatic rings. The molecule has 0 bridgehead atoms. The van der Waals surface area contributed by atoms with Gasteiger partial charge in [0.2, 0.25) is 0 Å². The van der Waals surface area contributed by atoms with E-state index in [-0.39, 0.29) is 16.3 Å². The molecule has 2 aromatic carbocycles. The summed E-state index contributed by atoms with van der Waals surface area (Å²) in [4.78, 5) is 12.8.